The quantitative estimate of drug-likeness (QED) is 0.798. The standard InChI is InChI=1S/C15H10ClN3O/c16-11-4-6-12(7-5-11)20-9-14-18-13-3-1-2-10(8-17)15(13)19-14/h1-7H,9H2,(H,18,19). The normalized spacial score (nSPS) is 10.4. The summed E-state index contributed by atoms with van der Waals surface area (Å²) in [5.74, 6) is 1.40. The van der Waals surface area contributed by atoms with E-state index in [2.05, 4.69) is 16.0 Å². The summed E-state index contributed by atoms with van der Waals surface area (Å²) in [6.45, 7) is 0.307. The molecule has 2 aromatic carbocycles. The van der Waals surface area contributed by atoms with E-state index in [4.69, 9.17) is 21.6 Å². The molecule has 0 atom stereocenters. The second kappa shape index (κ2) is 5.24. The number of aromatic amines is 1. The predicted octanol–water partition coefficient (Wildman–Crippen LogP) is 3.67. The topological polar surface area (TPSA) is 61.7 Å². The van der Waals surface area contributed by atoms with Gasteiger partial charge in [-0.25, -0.2) is 4.98 Å². The Kier molecular flexibility index (Phi) is 3.28. The lowest BCUT2D eigenvalue weighted by atomic mass is 10.2. The minimum absolute atomic E-state index is 0.307. The minimum atomic E-state index is 0.307. The molecule has 0 fully saturated rings. The third-order valence-electron chi connectivity index (χ3n) is 2.87. The maximum Gasteiger partial charge on any atom is 0.146 e. The third kappa shape index (κ3) is 2.44. The molecule has 3 rings (SSSR count). The van der Waals surface area contributed by atoms with Crippen LogP contribution in [0, 0.1) is 11.3 Å². The molecular formula is C15H10ClN3O. The Bertz CT molecular complexity index is 787. The van der Waals surface area contributed by atoms with Gasteiger partial charge in [-0.3, -0.25) is 0 Å². The van der Waals surface area contributed by atoms with Gasteiger partial charge in [0.2, 0.25) is 0 Å². The van der Waals surface area contributed by atoms with Crippen molar-refractivity contribution in [3.63, 3.8) is 0 Å². The van der Waals surface area contributed by atoms with Gasteiger partial charge in [0.1, 0.15) is 29.8 Å². The smallest absolute Gasteiger partial charge is 0.146 e. The highest BCUT2D eigenvalue weighted by molar-refractivity contribution is 6.30. The number of imidazole rings is 1. The molecule has 0 aliphatic carbocycles. The van der Waals surface area contributed by atoms with Crippen molar-refractivity contribution < 1.29 is 4.74 Å². The lowest BCUT2D eigenvalue weighted by molar-refractivity contribution is 0.297. The number of benzene rings is 2. The fourth-order valence-corrected chi connectivity index (χ4v) is 2.05. The molecule has 0 aliphatic rings. The van der Waals surface area contributed by atoms with E-state index < -0.39 is 0 Å². The monoisotopic (exact) mass is 283 g/mol. The first-order chi connectivity index (χ1) is 9.76. The molecular weight excluding hydrogens is 274 g/mol. The van der Waals surface area contributed by atoms with Crippen LogP contribution in [0.2, 0.25) is 5.02 Å². The average Bonchev–Trinajstić information content (AvgIpc) is 2.89. The zero-order valence-corrected chi connectivity index (χ0v) is 11.2. The van der Waals surface area contributed by atoms with E-state index in [1.807, 2.05) is 12.1 Å². The number of hydrogen-bond donors (Lipinski definition) is 1. The summed E-state index contributed by atoms with van der Waals surface area (Å²) in [5, 5.41) is 9.70. The first kappa shape index (κ1) is 12.5. The van der Waals surface area contributed by atoms with E-state index >= 15 is 0 Å². The van der Waals surface area contributed by atoms with E-state index in [9.17, 15) is 0 Å². The summed E-state index contributed by atoms with van der Waals surface area (Å²) in [7, 11) is 0. The molecule has 4 nitrogen and oxygen atoms in total. The fourth-order valence-electron chi connectivity index (χ4n) is 1.92. The van der Waals surface area contributed by atoms with Crippen molar-refractivity contribution in [1.29, 1.82) is 5.26 Å². The Hall–Kier alpha value is -2.51. The number of H-pyrrole nitrogens is 1. The summed E-state index contributed by atoms with van der Waals surface area (Å²) in [4.78, 5) is 7.53. The summed E-state index contributed by atoms with van der Waals surface area (Å²) >= 11 is 5.81. The van der Waals surface area contributed by atoms with E-state index in [0.717, 1.165) is 11.3 Å². The van der Waals surface area contributed by atoms with Gasteiger partial charge in [0.15, 0.2) is 0 Å². The molecule has 20 heavy (non-hydrogen) atoms. The third-order valence-corrected chi connectivity index (χ3v) is 3.12. The molecule has 0 aliphatic heterocycles. The van der Waals surface area contributed by atoms with Gasteiger partial charge in [-0.15, -0.1) is 0 Å². The maximum absolute atomic E-state index is 9.03. The molecule has 0 amide bonds. The number of para-hydroxylation sites is 1. The SMILES string of the molecule is N#Cc1cccc2[nH]c(COc3ccc(Cl)cc3)nc12. The average molecular weight is 284 g/mol. The number of nitrogens with zero attached hydrogens (tertiary/aromatic N) is 2. The molecule has 0 spiro atoms. The molecule has 0 bridgehead atoms. The lowest BCUT2D eigenvalue weighted by Crippen LogP contribution is -1.97. The van der Waals surface area contributed by atoms with Gasteiger partial charge >= 0.3 is 0 Å². The van der Waals surface area contributed by atoms with Crippen molar-refractivity contribution in [2.75, 3.05) is 0 Å². The largest absolute Gasteiger partial charge is 0.486 e. The van der Waals surface area contributed by atoms with E-state index in [1.54, 1.807) is 30.3 Å². The minimum Gasteiger partial charge on any atom is -0.486 e. The van der Waals surface area contributed by atoms with Gasteiger partial charge in [-0.1, -0.05) is 17.7 Å². The van der Waals surface area contributed by atoms with Crippen LogP contribution in [0.25, 0.3) is 11.0 Å². The van der Waals surface area contributed by atoms with Crippen molar-refractivity contribution in [3.8, 4) is 11.8 Å². The Labute approximate surface area is 120 Å². The zero-order chi connectivity index (χ0) is 13.9. The van der Waals surface area contributed by atoms with Gasteiger partial charge in [0.05, 0.1) is 11.1 Å². The van der Waals surface area contributed by atoms with Gasteiger partial charge < -0.3 is 9.72 Å². The van der Waals surface area contributed by atoms with Crippen LogP contribution < -0.4 is 4.74 Å². The van der Waals surface area contributed by atoms with Crippen LogP contribution >= 0.6 is 11.6 Å². The summed E-state index contributed by atoms with van der Waals surface area (Å²) in [6.07, 6.45) is 0. The predicted molar refractivity (Wildman–Crippen MR) is 76.6 cm³/mol. The van der Waals surface area contributed by atoms with Crippen molar-refractivity contribution in [3.05, 3.63) is 58.9 Å². The number of halogens is 1. The van der Waals surface area contributed by atoms with Gasteiger partial charge in [-0.05, 0) is 36.4 Å². The fraction of sp³-hybridized carbons (Fsp3) is 0.0667. The van der Waals surface area contributed by atoms with Crippen LogP contribution in [-0.4, -0.2) is 9.97 Å². The molecule has 1 N–H and O–H groups in total. The second-order valence-electron chi connectivity index (χ2n) is 4.24. The summed E-state index contributed by atoms with van der Waals surface area (Å²) < 4.78 is 5.61. The first-order valence-corrected chi connectivity index (χ1v) is 6.40. The second-order valence-corrected chi connectivity index (χ2v) is 4.68. The first-order valence-electron chi connectivity index (χ1n) is 6.02. The van der Waals surface area contributed by atoms with Crippen LogP contribution in [-0.2, 0) is 6.61 Å². The molecule has 0 saturated heterocycles. The number of rotatable bonds is 3. The molecule has 0 radical (unpaired) electrons. The van der Waals surface area contributed by atoms with Crippen LogP contribution in [0.1, 0.15) is 11.4 Å². The molecule has 5 heteroatoms. The number of aromatic nitrogens is 2. The molecule has 0 saturated carbocycles. The van der Waals surface area contributed by atoms with Crippen LogP contribution in [0.4, 0.5) is 0 Å². The van der Waals surface area contributed by atoms with E-state index in [1.165, 1.54) is 0 Å². The Balaban J connectivity index is 1.81. The van der Waals surface area contributed by atoms with Crippen molar-refractivity contribution in [1.82, 2.24) is 9.97 Å². The highest BCUT2D eigenvalue weighted by Gasteiger charge is 2.07. The van der Waals surface area contributed by atoms with E-state index in [0.29, 0.717) is 28.5 Å². The van der Waals surface area contributed by atoms with Crippen LogP contribution in [0.5, 0.6) is 5.75 Å². The maximum atomic E-state index is 9.03. The Morgan fingerprint density at radius 1 is 1.20 bits per heavy atom. The lowest BCUT2D eigenvalue weighted by Gasteiger charge is -2.03. The number of hydrogen-bond acceptors (Lipinski definition) is 3. The Morgan fingerprint density at radius 3 is 2.75 bits per heavy atom. The van der Waals surface area contributed by atoms with Crippen LogP contribution in [0.3, 0.4) is 0 Å². The molecule has 1 aromatic heterocycles. The van der Waals surface area contributed by atoms with Crippen molar-refractivity contribution in [2.45, 2.75) is 6.61 Å². The number of ether oxygens (including phenoxy) is 1. The highest BCUT2D eigenvalue weighted by Crippen LogP contribution is 2.19. The number of fused-ring (bicyclic) bond motifs is 1. The zero-order valence-electron chi connectivity index (χ0n) is 10.4. The van der Waals surface area contributed by atoms with E-state index in [-0.39, 0.29) is 0 Å². The van der Waals surface area contributed by atoms with Crippen LogP contribution in [0.15, 0.2) is 42.5 Å². The van der Waals surface area contributed by atoms with Crippen molar-refractivity contribution >= 4 is 22.6 Å². The van der Waals surface area contributed by atoms with Gasteiger partial charge in [0, 0.05) is 5.02 Å². The Morgan fingerprint density at radius 2 is 2.00 bits per heavy atom. The summed E-state index contributed by atoms with van der Waals surface area (Å²) in [5.41, 5.74) is 2.06. The highest BCUT2D eigenvalue weighted by atomic mass is 35.5. The number of nitriles is 1. The summed E-state index contributed by atoms with van der Waals surface area (Å²) in [6, 6.07) is 14.7. The molecule has 0 unspecified atom stereocenters. The molecule has 98 valence electrons. The molecule has 1 heterocycles. The van der Waals surface area contributed by atoms with Gasteiger partial charge in [-0.2, -0.15) is 5.26 Å². The molecule has 3 aromatic rings. The van der Waals surface area contributed by atoms with Gasteiger partial charge in [0.25, 0.3) is 0 Å². The van der Waals surface area contributed by atoms with Crippen molar-refractivity contribution in [2.24, 2.45) is 0 Å². The number of nitrogens with one attached hydrogen (secondary N) is 1.